The molecule has 0 aliphatic carbocycles. The van der Waals surface area contributed by atoms with Crippen molar-refractivity contribution in [1.29, 1.82) is 5.26 Å². The largest absolute Gasteiger partial charge is 0.488 e. The number of aromatic nitrogens is 2. The van der Waals surface area contributed by atoms with E-state index in [1.54, 1.807) is 25.1 Å². The molecule has 3 rings (SSSR count). The Morgan fingerprint density at radius 2 is 1.89 bits per heavy atom. The Morgan fingerprint density at radius 3 is 2.48 bits per heavy atom. The Bertz CT molecular complexity index is 1050. The molecule has 8 nitrogen and oxygen atoms in total. The van der Waals surface area contributed by atoms with Gasteiger partial charge in [0, 0.05) is 16.3 Å². The van der Waals surface area contributed by atoms with E-state index >= 15 is 0 Å². The van der Waals surface area contributed by atoms with Crippen LogP contribution in [0.2, 0.25) is 0 Å². The maximum atomic E-state index is 14.1. The number of aryl methyl sites for hydroxylation is 1. The number of anilines is 1. The summed E-state index contributed by atoms with van der Waals surface area (Å²) in [5.41, 5.74) is 7.03. The van der Waals surface area contributed by atoms with Gasteiger partial charge in [0.1, 0.15) is 11.9 Å². The second-order valence-electron chi connectivity index (χ2n) is 5.45. The van der Waals surface area contributed by atoms with Crippen LogP contribution in [0.4, 0.5) is 10.2 Å². The highest BCUT2D eigenvalue weighted by atomic mass is 19.1. The van der Waals surface area contributed by atoms with Gasteiger partial charge in [0.2, 0.25) is 0 Å². The van der Waals surface area contributed by atoms with Gasteiger partial charge < -0.3 is 20.9 Å². The molecule has 0 aliphatic rings. The number of hydrogen-bond donors (Lipinski definition) is 4. The first-order valence-electron chi connectivity index (χ1n) is 7.54. The molecule has 0 amide bonds. The fourth-order valence-electron chi connectivity index (χ4n) is 2.59. The third-order valence-electron chi connectivity index (χ3n) is 3.83. The fourth-order valence-corrected chi connectivity index (χ4v) is 2.59. The van der Waals surface area contributed by atoms with Crippen molar-refractivity contribution in [3.63, 3.8) is 0 Å². The quantitative estimate of drug-likeness (QED) is 0.378. The molecule has 10 heteroatoms. The lowest BCUT2D eigenvalue weighted by atomic mass is 9.78. The standard InChI is InChI=1S/C16H12BFN4O2.CH2O2/c1-8-12-4-9(2-3-11(12)16(20)22-21-8)13-5-10(17(23)24)6-15(18)14(13)7-19;2-1-3/h2-6,23-24H,1H3,(H2,20,22);1H,(H,2,3). The molecule has 0 saturated carbocycles. The van der Waals surface area contributed by atoms with Gasteiger partial charge in [0.05, 0.1) is 11.3 Å². The second-order valence-corrected chi connectivity index (χ2v) is 5.45. The topological polar surface area (TPSA) is 153 Å². The predicted octanol–water partition coefficient (Wildman–Crippen LogP) is 0.579. The van der Waals surface area contributed by atoms with Gasteiger partial charge in [-0.1, -0.05) is 12.1 Å². The van der Waals surface area contributed by atoms with Crippen molar-refractivity contribution in [2.45, 2.75) is 6.92 Å². The number of carbonyl (C=O) groups is 1. The van der Waals surface area contributed by atoms with Crippen LogP contribution in [0.1, 0.15) is 11.3 Å². The number of nitrogens with zero attached hydrogens (tertiary/aromatic N) is 3. The van der Waals surface area contributed by atoms with Crippen molar-refractivity contribution >= 4 is 35.6 Å². The van der Waals surface area contributed by atoms with Crippen LogP contribution in [0.15, 0.2) is 30.3 Å². The van der Waals surface area contributed by atoms with Gasteiger partial charge in [-0.15, -0.1) is 5.10 Å². The minimum Gasteiger partial charge on any atom is -0.483 e. The second kappa shape index (κ2) is 8.22. The normalized spacial score (nSPS) is 9.89. The van der Waals surface area contributed by atoms with Crippen LogP contribution in [-0.2, 0) is 4.79 Å². The zero-order chi connectivity index (χ0) is 20.1. The predicted molar refractivity (Wildman–Crippen MR) is 97.3 cm³/mol. The number of carboxylic acid groups (broad SMARTS) is 1. The van der Waals surface area contributed by atoms with Crippen LogP contribution in [0.5, 0.6) is 0 Å². The van der Waals surface area contributed by atoms with Crippen molar-refractivity contribution in [1.82, 2.24) is 10.2 Å². The maximum absolute atomic E-state index is 14.1. The molecule has 1 heterocycles. The van der Waals surface area contributed by atoms with Gasteiger partial charge in [-0.3, -0.25) is 4.79 Å². The van der Waals surface area contributed by atoms with Crippen LogP contribution in [0.3, 0.4) is 0 Å². The van der Waals surface area contributed by atoms with Crippen LogP contribution >= 0.6 is 0 Å². The molecule has 0 spiro atoms. The number of nitrogen functional groups attached to an aromatic ring is 1. The average molecular weight is 368 g/mol. The van der Waals surface area contributed by atoms with E-state index < -0.39 is 12.9 Å². The Hall–Kier alpha value is -3.55. The maximum Gasteiger partial charge on any atom is 0.488 e. The molecule has 27 heavy (non-hydrogen) atoms. The van der Waals surface area contributed by atoms with Crippen molar-refractivity contribution in [3.8, 4) is 17.2 Å². The van der Waals surface area contributed by atoms with E-state index in [0.717, 1.165) is 11.5 Å². The van der Waals surface area contributed by atoms with Crippen molar-refractivity contribution in [2.75, 3.05) is 5.73 Å². The monoisotopic (exact) mass is 368 g/mol. The number of halogens is 1. The molecular formula is C17H14BFN4O4. The number of nitriles is 1. The van der Waals surface area contributed by atoms with Gasteiger partial charge >= 0.3 is 7.12 Å². The van der Waals surface area contributed by atoms with Crippen LogP contribution in [-0.4, -0.2) is 38.9 Å². The number of fused-ring (bicyclic) bond motifs is 1. The highest BCUT2D eigenvalue weighted by Crippen LogP contribution is 2.30. The van der Waals surface area contributed by atoms with Crippen molar-refractivity contribution in [3.05, 3.63) is 47.4 Å². The molecule has 0 aliphatic heterocycles. The first kappa shape index (κ1) is 19.8. The highest BCUT2D eigenvalue weighted by Gasteiger charge is 2.19. The van der Waals surface area contributed by atoms with Crippen LogP contribution in [0.25, 0.3) is 21.9 Å². The molecule has 136 valence electrons. The number of benzene rings is 2. The molecule has 0 fully saturated rings. The molecule has 0 bridgehead atoms. The molecule has 5 N–H and O–H groups in total. The van der Waals surface area contributed by atoms with Gasteiger partial charge in [-0.2, -0.15) is 10.4 Å². The van der Waals surface area contributed by atoms with E-state index in [2.05, 4.69) is 10.2 Å². The summed E-state index contributed by atoms with van der Waals surface area (Å²) in [5, 5.41) is 44.0. The highest BCUT2D eigenvalue weighted by molar-refractivity contribution is 6.58. The summed E-state index contributed by atoms with van der Waals surface area (Å²) in [5.74, 6) is -0.546. The lowest BCUT2D eigenvalue weighted by molar-refractivity contribution is -0.122. The van der Waals surface area contributed by atoms with Gasteiger partial charge in [-0.25, -0.2) is 4.39 Å². The zero-order valence-corrected chi connectivity index (χ0v) is 14.1. The van der Waals surface area contributed by atoms with E-state index in [0.29, 0.717) is 16.6 Å². The Morgan fingerprint density at radius 1 is 1.22 bits per heavy atom. The minimum atomic E-state index is -1.84. The molecule has 0 radical (unpaired) electrons. The van der Waals surface area contributed by atoms with Crippen LogP contribution in [0, 0.1) is 24.1 Å². The van der Waals surface area contributed by atoms with E-state index in [9.17, 15) is 19.7 Å². The Balaban J connectivity index is 0.000000817. The summed E-state index contributed by atoms with van der Waals surface area (Å²) in [6.45, 7) is 1.51. The molecule has 0 unspecified atom stereocenters. The Labute approximate surface area is 153 Å². The van der Waals surface area contributed by atoms with E-state index in [4.69, 9.17) is 15.6 Å². The number of nitrogens with two attached hydrogens (primary N) is 1. The van der Waals surface area contributed by atoms with Crippen molar-refractivity contribution in [2.24, 2.45) is 0 Å². The molecule has 0 saturated heterocycles. The molecule has 1 aromatic heterocycles. The first-order chi connectivity index (χ1) is 12.8. The summed E-state index contributed by atoms with van der Waals surface area (Å²) in [4.78, 5) is 8.36. The molecule has 2 aromatic carbocycles. The summed E-state index contributed by atoms with van der Waals surface area (Å²) < 4.78 is 14.1. The lowest BCUT2D eigenvalue weighted by Crippen LogP contribution is -2.30. The van der Waals surface area contributed by atoms with E-state index in [1.165, 1.54) is 6.07 Å². The third-order valence-corrected chi connectivity index (χ3v) is 3.83. The number of rotatable bonds is 2. The smallest absolute Gasteiger partial charge is 0.483 e. The minimum absolute atomic E-state index is 0.0364. The molecule has 3 aromatic rings. The first-order valence-corrected chi connectivity index (χ1v) is 7.54. The number of hydrogen-bond acceptors (Lipinski definition) is 7. The average Bonchev–Trinajstić information content (AvgIpc) is 2.64. The SMILES string of the molecule is Cc1nnc(N)c2ccc(-c3cc(B(O)O)cc(F)c3C#N)cc12.O=CO. The van der Waals surface area contributed by atoms with Crippen molar-refractivity contribution < 1.29 is 24.3 Å². The van der Waals surface area contributed by atoms with E-state index in [-0.39, 0.29) is 28.9 Å². The molecular weight excluding hydrogens is 354 g/mol. The Kier molecular flexibility index (Phi) is 6.02. The summed E-state index contributed by atoms with van der Waals surface area (Å²) in [6, 6.07) is 9.22. The van der Waals surface area contributed by atoms with Gasteiger partial charge in [0.25, 0.3) is 6.47 Å². The lowest BCUT2D eigenvalue weighted by Gasteiger charge is -2.11. The third kappa shape index (κ3) is 4.00. The summed E-state index contributed by atoms with van der Waals surface area (Å²) >= 11 is 0. The molecule has 0 atom stereocenters. The van der Waals surface area contributed by atoms with E-state index in [1.807, 2.05) is 6.07 Å². The zero-order valence-electron chi connectivity index (χ0n) is 14.1. The summed E-state index contributed by atoms with van der Waals surface area (Å²) in [7, 11) is -1.84. The summed E-state index contributed by atoms with van der Waals surface area (Å²) in [6.07, 6.45) is 0. The van der Waals surface area contributed by atoms with Gasteiger partial charge in [-0.05, 0) is 36.1 Å². The van der Waals surface area contributed by atoms with Crippen LogP contribution < -0.4 is 11.2 Å². The fraction of sp³-hybridized carbons (Fsp3) is 0.0588. The van der Waals surface area contributed by atoms with Gasteiger partial charge in [0.15, 0.2) is 5.82 Å².